The van der Waals surface area contributed by atoms with Crippen LogP contribution < -0.4 is 11.0 Å². The molecule has 102 valence electrons. The Labute approximate surface area is 114 Å². The smallest absolute Gasteiger partial charge is 0.278 e. The van der Waals surface area contributed by atoms with Crippen LogP contribution in [-0.2, 0) is 0 Å². The van der Waals surface area contributed by atoms with Gasteiger partial charge in [0.05, 0.1) is 12.0 Å². The molecule has 0 aliphatic carbocycles. The molecule has 1 aromatic heterocycles. The normalized spacial score (nSPS) is 11.2. The van der Waals surface area contributed by atoms with Gasteiger partial charge in [0, 0.05) is 6.20 Å². The fourth-order valence-electron chi connectivity index (χ4n) is 1.47. The van der Waals surface area contributed by atoms with Crippen molar-refractivity contribution in [2.24, 2.45) is 5.10 Å². The van der Waals surface area contributed by atoms with Crippen LogP contribution >= 0.6 is 0 Å². The summed E-state index contributed by atoms with van der Waals surface area (Å²) in [6.07, 6.45) is 2.36. The third-order valence-electron chi connectivity index (χ3n) is 2.57. The van der Waals surface area contributed by atoms with Gasteiger partial charge in [-0.15, -0.1) is 0 Å². The number of aromatic nitrogens is 2. The number of hydrazone groups is 1. The van der Waals surface area contributed by atoms with Crippen molar-refractivity contribution in [1.29, 1.82) is 0 Å². The molecule has 0 aliphatic heterocycles. The molecular weight excluding hydrogens is 260 g/mol. The highest BCUT2D eigenvalue weighted by Crippen LogP contribution is 2.10. The molecule has 0 saturated carbocycles. The molecule has 0 spiro atoms. The Kier molecular flexibility index (Phi) is 3.90. The average Bonchev–Trinajstić information content (AvgIpc) is 2.45. The highest BCUT2D eigenvalue weighted by molar-refractivity contribution is 6.00. The van der Waals surface area contributed by atoms with Gasteiger partial charge in [-0.1, -0.05) is 0 Å². The molecule has 2 aromatic rings. The van der Waals surface area contributed by atoms with Crippen LogP contribution in [0.5, 0.6) is 5.75 Å². The molecule has 0 fully saturated rings. The van der Waals surface area contributed by atoms with Crippen molar-refractivity contribution in [3.05, 3.63) is 58.3 Å². The van der Waals surface area contributed by atoms with E-state index in [-0.39, 0.29) is 11.3 Å². The molecule has 0 unspecified atom stereocenters. The van der Waals surface area contributed by atoms with Gasteiger partial charge >= 0.3 is 0 Å². The van der Waals surface area contributed by atoms with Crippen molar-refractivity contribution in [3.63, 3.8) is 0 Å². The Morgan fingerprint density at radius 2 is 2.05 bits per heavy atom. The molecule has 0 atom stereocenters. The first-order valence-electron chi connectivity index (χ1n) is 5.74. The van der Waals surface area contributed by atoms with Gasteiger partial charge in [-0.2, -0.15) is 5.10 Å². The molecule has 7 nitrogen and oxygen atoms in total. The summed E-state index contributed by atoms with van der Waals surface area (Å²) in [6.45, 7) is 1.69. The minimum absolute atomic E-state index is 0.116. The summed E-state index contributed by atoms with van der Waals surface area (Å²) < 4.78 is 0. The number of phenolic OH excluding ortho intramolecular Hbond substituents is 1. The van der Waals surface area contributed by atoms with E-state index in [4.69, 9.17) is 0 Å². The van der Waals surface area contributed by atoms with Crippen LogP contribution in [0.15, 0.2) is 46.7 Å². The van der Waals surface area contributed by atoms with Gasteiger partial charge in [-0.25, -0.2) is 10.4 Å². The minimum atomic E-state index is -0.641. The van der Waals surface area contributed by atoms with Crippen molar-refractivity contribution in [2.75, 3.05) is 0 Å². The van der Waals surface area contributed by atoms with E-state index in [2.05, 4.69) is 20.5 Å². The molecular formula is C13H12N4O3. The molecule has 7 heteroatoms. The van der Waals surface area contributed by atoms with E-state index in [1.165, 1.54) is 24.7 Å². The minimum Gasteiger partial charge on any atom is -0.508 e. The maximum Gasteiger partial charge on any atom is 0.278 e. The van der Waals surface area contributed by atoms with Crippen molar-refractivity contribution in [3.8, 4) is 5.75 Å². The fourth-order valence-corrected chi connectivity index (χ4v) is 1.47. The van der Waals surface area contributed by atoms with Gasteiger partial charge < -0.3 is 10.1 Å². The van der Waals surface area contributed by atoms with Crippen LogP contribution in [0.1, 0.15) is 22.8 Å². The second-order valence-electron chi connectivity index (χ2n) is 3.98. The third kappa shape index (κ3) is 3.08. The van der Waals surface area contributed by atoms with Crippen LogP contribution in [0.3, 0.4) is 0 Å². The number of phenols is 1. The zero-order chi connectivity index (χ0) is 14.5. The predicted octanol–water partition coefficient (Wildman–Crippen LogP) is 0.629. The first kappa shape index (κ1) is 13.5. The number of hydrogen-bond donors (Lipinski definition) is 3. The first-order valence-corrected chi connectivity index (χ1v) is 5.74. The van der Waals surface area contributed by atoms with Gasteiger partial charge in [0.1, 0.15) is 11.3 Å². The number of rotatable bonds is 3. The third-order valence-corrected chi connectivity index (χ3v) is 2.57. The van der Waals surface area contributed by atoms with Gasteiger partial charge in [0.2, 0.25) is 0 Å². The number of H-pyrrole nitrogens is 1. The Hall–Kier alpha value is -2.96. The average molecular weight is 272 g/mol. The number of carbonyl (C=O) groups excluding carboxylic acids is 1. The highest BCUT2D eigenvalue weighted by atomic mass is 16.3. The van der Waals surface area contributed by atoms with E-state index in [0.29, 0.717) is 5.71 Å². The molecule has 0 radical (unpaired) electrons. The number of amides is 1. The van der Waals surface area contributed by atoms with Crippen LogP contribution in [0, 0.1) is 0 Å². The number of carbonyl (C=O) groups is 1. The van der Waals surface area contributed by atoms with Crippen molar-refractivity contribution in [1.82, 2.24) is 15.4 Å². The highest BCUT2D eigenvalue weighted by Gasteiger charge is 2.09. The van der Waals surface area contributed by atoms with Gasteiger partial charge in [0.25, 0.3) is 11.5 Å². The summed E-state index contributed by atoms with van der Waals surface area (Å²) in [5.74, 6) is -0.495. The monoisotopic (exact) mass is 272 g/mol. The number of nitrogens with zero attached hydrogens (tertiary/aromatic N) is 2. The van der Waals surface area contributed by atoms with E-state index in [1.54, 1.807) is 19.1 Å². The molecule has 3 N–H and O–H groups in total. The van der Waals surface area contributed by atoms with Crippen molar-refractivity contribution < 1.29 is 9.90 Å². The number of benzene rings is 1. The Bertz CT molecular complexity index is 704. The quantitative estimate of drug-likeness (QED) is 0.562. The molecule has 1 amide bonds. The predicted molar refractivity (Wildman–Crippen MR) is 72.6 cm³/mol. The molecule has 0 aliphatic rings. The lowest BCUT2D eigenvalue weighted by Crippen LogP contribution is -2.27. The van der Waals surface area contributed by atoms with E-state index in [1.807, 2.05) is 0 Å². The molecule has 0 bridgehead atoms. The van der Waals surface area contributed by atoms with Crippen LogP contribution in [0.2, 0.25) is 0 Å². The maximum atomic E-state index is 11.7. The lowest BCUT2D eigenvalue weighted by atomic mass is 10.1. The summed E-state index contributed by atoms with van der Waals surface area (Å²) in [5.41, 5.74) is 2.91. The van der Waals surface area contributed by atoms with Gasteiger partial charge in [-0.05, 0) is 36.8 Å². The molecule has 2 rings (SSSR count). The number of aromatic hydroxyl groups is 1. The van der Waals surface area contributed by atoms with Crippen molar-refractivity contribution in [2.45, 2.75) is 6.92 Å². The first-order chi connectivity index (χ1) is 9.58. The number of aromatic amines is 1. The van der Waals surface area contributed by atoms with Crippen LogP contribution in [0.25, 0.3) is 0 Å². The Balaban J connectivity index is 2.13. The van der Waals surface area contributed by atoms with Crippen LogP contribution in [0.4, 0.5) is 0 Å². The second-order valence-corrected chi connectivity index (χ2v) is 3.98. The van der Waals surface area contributed by atoms with Gasteiger partial charge in [0.15, 0.2) is 0 Å². The van der Waals surface area contributed by atoms with Gasteiger partial charge in [-0.3, -0.25) is 9.59 Å². The molecule has 20 heavy (non-hydrogen) atoms. The molecule has 1 aromatic carbocycles. The standard InChI is InChI=1S/C13H12N4O3/c1-8(9-2-4-10(18)5-3-9)16-17-13(20)11-6-14-7-15-12(11)19/h2-7,18H,1H3,(H,17,20)(H,14,15,19)/b16-8+. The number of nitrogens with one attached hydrogen (secondary N) is 2. The SMILES string of the molecule is C/C(=N\NC(=O)c1cnc[nH]c1=O)c1ccc(O)cc1. The fraction of sp³-hybridized carbons (Fsp3) is 0.0769. The van der Waals surface area contributed by atoms with Crippen LogP contribution in [-0.4, -0.2) is 26.7 Å². The zero-order valence-electron chi connectivity index (χ0n) is 10.6. The van der Waals surface area contributed by atoms with E-state index >= 15 is 0 Å². The molecule has 1 heterocycles. The Morgan fingerprint density at radius 1 is 1.35 bits per heavy atom. The number of hydrogen-bond acceptors (Lipinski definition) is 5. The van der Waals surface area contributed by atoms with E-state index in [0.717, 1.165) is 5.56 Å². The topological polar surface area (TPSA) is 107 Å². The lowest BCUT2D eigenvalue weighted by Gasteiger charge is -2.02. The summed E-state index contributed by atoms with van der Waals surface area (Å²) >= 11 is 0. The maximum absolute atomic E-state index is 11.7. The Morgan fingerprint density at radius 3 is 2.70 bits per heavy atom. The van der Waals surface area contributed by atoms with E-state index < -0.39 is 11.5 Å². The summed E-state index contributed by atoms with van der Waals surface area (Å²) in [4.78, 5) is 29.1. The zero-order valence-corrected chi connectivity index (χ0v) is 10.6. The second kappa shape index (κ2) is 5.79. The lowest BCUT2D eigenvalue weighted by molar-refractivity contribution is 0.0953. The largest absolute Gasteiger partial charge is 0.508 e. The summed E-state index contributed by atoms with van der Waals surface area (Å²) in [6, 6.07) is 6.36. The summed E-state index contributed by atoms with van der Waals surface area (Å²) in [7, 11) is 0. The summed E-state index contributed by atoms with van der Waals surface area (Å²) in [5, 5.41) is 13.1. The van der Waals surface area contributed by atoms with Crippen molar-refractivity contribution >= 4 is 11.6 Å². The van der Waals surface area contributed by atoms with E-state index in [9.17, 15) is 14.7 Å². The molecule has 0 saturated heterocycles.